The molecule has 0 bridgehead atoms. The molecule has 0 fully saturated rings. The van der Waals surface area contributed by atoms with Gasteiger partial charge in [-0.3, -0.25) is 0 Å². The molecule has 1 rings (SSSR count). The zero-order chi connectivity index (χ0) is 13.7. The van der Waals surface area contributed by atoms with E-state index in [0.717, 1.165) is 11.1 Å². The second-order valence-electron chi connectivity index (χ2n) is 4.43. The quantitative estimate of drug-likeness (QED) is 0.599. The van der Waals surface area contributed by atoms with Gasteiger partial charge in [-0.15, -0.1) is 6.58 Å². The fourth-order valence-corrected chi connectivity index (χ4v) is 1.79. The summed E-state index contributed by atoms with van der Waals surface area (Å²) in [6.07, 6.45) is 1.76. The molecule has 0 aliphatic rings. The number of hydrogen-bond acceptors (Lipinski definition) is 4. The van der Waals surface area contributed by atoms with Crippen LogP contribution in [0.1, 0.15) is 37.8 Å². The predicted octanol–water partition coefficient (Wildman–Crippen LogP) is 3.20. The lowest BCUT2D eigenvalue weighted by molar-refractivity contribution is 0.397. The van der Waals surface area contributed by atoms with Gasteiger partial charge in [0.2, 0.25) is 5.88 Å². The van der Waals surface area contributed by atoms with Crippen LogP contribution in [0.25, 0.3) is 0 Å². The standard InChI is InChI=1S/C14H21N3O/c1-6-7-16-14-13(10(4)15)11(9(2)3)8-12(17-14)18-5/h6,8-9,15H,1,7H2,2-5H3,(H,16,17). The Morgan fingerprint density at radius 2 is 2.28 bits per heavy atom. The maximum atomic E-state index is 7.93. The number of nitrogens with one attached hydrogen (secondary N) is 2. The van der Waals surface area contributed by atoms with E-state index < -0.39 is 0 Å². The molecule has 4 heteroatoms. The number of nitrogens with zero attached hydrogens (tertiary/aromatic N) is 1. The molecule has 0 atom stereocenters. The largest absolute Gasteiger partial charge is 0.481 e. The number of rotatable bonds is 6. The SMILES string of the molecule is C=CCNc1nc(OC)cc(C(C)C)c1C(C)=N. The minimum absolute atomic E-state index is 0.307. The number of aromatic nitrogens is 1. The second-order valence-corrected chi connectivity index (χ2v) is 4.43. The molecule has 4 nitrogen and oxygen atoms in total. The Hall–Kier alpha value is -1.84. The van der Waals surface area contributed by atoms with E-state index >= 15 is 0 Å². The Kier molecular flexibility index (Phi) is 4.89. The summed E-state index contributed by atoms with van der Waals surface area (Å²) in [5.74, 6) is 1.56. The maximum absolute atomic E-state index is 7.93. The van der Waals surface area contributed by atoms with Crippen LogP contribution in [0.15, 0.2) is 18.7 Å². The van der Waals surface area contributed by atoms with Crippen molar-refractivity contribution in [3.05, 3.63) is 29.8 Å². The van der Waals surface area contributed by atoms with Crippen LogP contribution in [0.4, 0.5) is 5.82 Å². The predicted molar refractivity (Wildman–Crippen MR) is 76.1 cm³/mol. The van der Waals surface area contributed by atoms with Crippen LogP contribution in [0.3, 0.4) is 0 Å². The van der Waals surface area contributed by atoms with E-state index in [1.807, 2.05) is 6.07 Å². The van der Waals surface area contributed by atoms with Crippen LogP contribution in [0.5, 0.6) is 5.88 Å². The van der Waals surface area contributed by atoms with Gasteiger partial charge >= 0.3 is 0 Å². The molecule has 1 aromatic rings. The van der Waals surface area contributed by atoms with Crippen LogP contribution in [-0.2, 0) is 0 Å². The summed E-state index contributed by atoms with van der Waals surface area (Å²) < 4.78 is 5.21. The van der Waals surface area contributed by atoms with Crippen molar-refractivity contribution in [3.8, 4) is 5.88 Å². The molecular formula is C14H21N3O. The summed E-state index contributed by atoms with van der Waals surface area (Å²) in [4.78, 5) is 4.37. The minimum Gasteiger partial charge on any atom is -0.481 e. The Labute approximate surface area is 109 Å². The third-order valence-electron chi connectivity index (χ3n) is 2.65. The molecule has 0 radical (unpaired) electrons. The first-order valence-corrected chi connectivity index (χ1v) is 6.00. The van der Waals surface area contributed by atoms with Crippen molar-refractivity contribution in [2.24, 2.45) is 0 Å². The van der Waals surface area contributed by atoms with Crippen LogP contribution < -0.4 is 10.1 Å². The van der Waals surface area contributed by atoms with Gasteiger partial charge in [-0.1, -0.05) is 19.9 Å². The number of pyridine rings is 1. The van der Waals surface area contributed by atoms with Gasteiger partial charge in [0.15, 0.2) is 0 Å². The van der Waals surface area contributed by atoms with Gasteiger partial charge in [-0.25, -0.2) is 0 Å². The van der Waals surface area contributed by atoms with E-state index in [0.29, 0.717) is 29.9 Å². The average molecular weight is 247 g/mol. The van der Waals surface area contributed by atoms with Crippen molar-refractivity contribution >= 4 is 11.5 Å². The molecule has 0 aliphatic heterocycles. The summed E-state index contributed by atoms with van der Waals surface area (Å²) in [7, 11) is 1.60. The topological polar surface area (TPSA) is 58.0 Å². The van der Waals surface area contributed by atoms with E-state index in [2.05, 4.69) is 30.7 Å². The molecule has 0 aromatic carbocycles. The molecule has 0 amide bonds. The van der Waals surface area contributed by atoms with Gasteiger partial charge in [0.05, 0.1) is 7.11 Å². The van der Waals surface area contributed by atoms with Gasteiger partial charge in [0, 0.05) is 23.9 Å². The monoisotopic (exact) mass is 247 g/mol. The Balaban J connectivity index is 3.39. The molecule has 0 saturated heterocycles. The summed E-state index contributed by atoms with van der Waals surface area (Å²) in [5, 5.41) is 11.1. The van der Waals surface area contributed by atoms with E-state index in [1.165, 1.54) is 0 Å². The fraction of sp³-hybridized carbons (Fsp3) is 0.429. The van der Waals surface area contributed by atoms with Gasteiger partial charge in [-0.05, 0) is 18.4 Å². The zero-order valence-corrected chi connectivity index (χ0v) is 11.5. The molecule has 18 heavy (non-hydrogen) atoms. The van der Waals surface area contributed by atoms with E-state index in [4.69, 9.17) is 10.1 Å². The summed E-state index contributed by atoms with van der Waals surface area (Å²) in [5.41, 5.74) is 2.42. The third-order valence-corrected chi connectivity index (χ3v) is 2.65. The fourth-order valence-electron chi connectivity index (χ4n) is 1.79. The number of methoxy groups -OCH3 is 1. The summed E-state index contributed by atoms with van der Waals surface area (Å²) >= 11 is 0. The van der Waals surface area contributed by atoms with Gasteiger partial charge < -0.3 is 15.5 Å². The minimum atomic E-state index is 0.307. The Morgan fingerprint density at radius 3 is 2.72 bits per heavy atom. The van der Waals surface area contributed by atoms with Crippen molar-refractivity contribution in [2.45, 2.75) is 26.7 Å². The number of ether oxygens (including phenoxy) is 1. The van der Waals surface area contributed by atoms with Crippen LogP contribution >= 0.6 is 0 Å². The second kappa shape index (κ2) is 6.19. The summed E-state index contributed by atoms with van der Waals surface area (Å²) in [6.45, 7) is 10.2. The third kappa shape index (κ3) is 3.09. The smallest absolute Gasteiger partial charge is 0.215 e. The highest BCUT2D eigenvalue weighted by Crippen LogP contribution is 2.29. The lowest BCUT2D eigenvalue weighted by Crippen LogP contribution is -2.12. The molecule has 0 aliphatic carbocycles. The molecule has 0 saturated carbocycles. The van der Waals surface area contributed by atoms with E-state index in [1.54, 1.807) is 20.1 Å². The average Bonchev–Trinajstić information content (AvgIpc) is 2.34. The van der Waals surface area contributed by atoms with Crippen molar-refractivity contribution in [2.75, 3.05) is 19.0 Å². The van der Waals surface area contributed by atoms with E-state index in [9.17, 15) is 0 Å². The van der Waals surface area contributed by atoms with Crippen molar-refractivity contribution in [3.63, 3.8) is 0 Å². The molecular weight excluding hydrogens is 226 g/mol. The van der Waals surface area contributed by atoms with Gasteiger partial charge in [0.25, 0.3) is 0 Å². The van der Waals surface area contributed by atoms with Gasteiger partial charge in [0.1, 0.15) is 5.82 Å². The molecule has 0 spiro atoms. The molecule has 2 N–H and O–H groups in total. The van der Waals surface area contributed by atoms with Crippen LogP contribution in [-0.4, -0.2) is 24.4 Å². The summed E-state index contributed by atoms with van der Waals surface area (Å²) in [6, 6.07) is 1.90. The first-order chi connectivity index (χ1) is 8.51. The Morgan fingerprint density at radius 1 is 1.61 bits per heavy atom. The lowest BCUT2D eigenvalue weighted by Gasteiger charge is -2.17. The highest BCUT2D eigenvalue weighted by molar-refractivity contribution is 6.02. The van der Waals surface area contributed by atoms with Crippen molar-refractivity contribution < 1.29 is 4.74 Å². The van der Waals surface area contributed by atoms with E-state index in [-0.39, 0.29) is 0 Å². The van der Waals surface area contributed by atoms with Crippen molar-refractivity contribution in [1.82, 2.24) is 4.98 Å². The lowest BCUT2D eigenvalue weighted by atomic mass is 9.95. The van der Waals surface area contributed by atoms with Crippen LogP contribution in [0, 0.1) is 5.41 Å². The highest BCUT2D eigenvalue weighted by atomic mass is 16.5. The molecule has 1 heterocycles. The Bertz CT molecular complexity index is 453. The normalized spacial score (nSPS) is 10.3. The first-order valence-electron chi connectivity index (χ1n) is 6.00. The molecule has 0 unspecified atom stereocenters. The number of hydrogen-bond donors (Lipinski definition) is 2. The molecule has 98 valence electrons. The van der Waals surface area contributed by atoms with Crippen molar-refractivity contribution in [1.29, 1.82) is 5.41 Å². The number of anilines is 1. The zero-order valence-electron chi connectivity index (χ0n) is 11.5. The van der Waals surface area contributed by atoms with Crippen LogP contribution in [0.2, 0.25) is 0 Å². The van der Waals surface area contributed by atoms with Gasteiger partial charge in [-0.2, -0.15) is 4.98 Å². The highest BCUT2D eigenvalue weighted by Gasteiger charge is 2.16. The molecule has 1 aromatic heterocycles. The maximum Gasteiger partial charge on any atom is 0.215 e. The first kappa shape index (κ1) is 14.2.